The molecule has 19 heavy (non-hydrogen) atoms. The summed E-state index contributed by atoms with van der Waals surface area (Å²) in [6.45, 7) is 2.08. The van der Waals surface area contributed by atoms with Gasteiger partial charge in [0, 0.05) is 22.8 Å². The highest BCUT2D eigenvalue weighted by molar-refractivity contribution is 9.10. The lowest BCUT2D eigenvalue weighted by Gasteiger charge is -2.25. The van der Waals surface area contributed by atoms with Crippen molar-refractivity contribution in [3.63, 3.8) is 0 Å². The molecule has 1 N–H and O–H groups in total. The van der Waals surface area contributed by atoms with Crippen LogP contribution in [0.4, 0.5) is 0 Å². The lowest BCUT2D eigenvalue weighted by molar-refractivity contribution is 0.455. The van der Waals surface area contributed by atoms with Crippen molar-refractivity contribution < 1.29 is 8.42 Å². The molecular weight excluding hydrogens is 326 g/mol. The molecular formula is C14H20BrNO2S. The quantitative estimate of drug-likeness (QED) is 0.911. The fourth-order valence-electron chi connectivity index (χ4n) is 2.87. The van der Waals surface area contributed by atoms with Crippen molar-refractivity contribution in [1.82, 2.24) is 5.32 Å². The van der Waals surface area contributed by atoms with Crippen molar-refractivity contribution >= 4 is 25.8 Å². The van der Waals surface area contributed by atoms with Gasteiger partial charge in [0.05, 0.1) is 5.25 Å². The van der Waals surface area contributed by atoms with E-state index in [4.69, 9.17) is 0 Å². The predicted molar refractivity (Wildman–Crippen MR) is 82.0 cm³/mol. The van der Waals surface area contributed by atoms with E-state index in [1.807, 2.05) is 18.2 Å². The van der Waals surface area contributed by atoms with Gasteiger partial charge in [-0.2, -0.15) is 0 Å². The number of halogens is 1. The van der Waals surface area contributed by atoms with Gasteiger partial charge in [-0.1, -0.05) is 40.5 Å². The zero-order chi connectivity index (χ0) is 14.0. The zero-order valence-electron chi connectivity index (χ0n) is 11.3. The molecule has 0 aromatic heterocycles. The fourth-order valence-corrected chi connectivity index (χ4v) is 4.90. The fraction of sp³-hybridized carbons (Fsp3) is 0.571. The van der Waals surface area contributed by atoms with Crippen molar-refractivity contribution in [3.05, 3.63) is 34.3 Å². The topological polar surface area (TPSA) is 46.2 Å². The summed E-state index contributed by atoms with van der Waals surface area (Å²) in [4.78, 5) is 0. The second-order valence-electron chi connectivity index (χ2n) is 5.32. The van der Waals surface area contributed by atoms with Gasteiger partial charge in [0.2, 0.25) is 0 Å². The van der Waals surface area contributed by atoms with Crippen molar-refractivity contribution in [1.29, 1.82) is 0 Å². The summed E-state index contributed by atoms with van der Waals surface area (Å²) in [5.74, 6) is 0. The van der Waals surface area contributed by atoms with Crippen LogP contribution in [-0.2, 0) is 9.84 Å². The van der Waals surface area contributed by atoms with Gasteiger partial charge in [0.15, 0.2) is 9.84 Å². The lowest BCUT2D eigenvalue weighted by atomic mass is 10.1. The number of hydrogen-bond donors (Lipinski definition) is 1. The molecule has 0 saturated heterocycles. The van der Waals surface area contributed by atoms with Crippen LogP contribution in [0.25, 0.3) is 0 Å². The van der Waals surface area contributed by atoms with Crippen molar-refractivity contribution in [3.8, 4) is 0 Å². The van der Waals surface area contributed by atoms with E-state index >= 15 is 0 Å². The molecule has 3 nitrogen and oxygen atoms in total. The van der Waals surface area contributed by atoms with E-state index in [1.54, 1.807) is 0 Å². The molecule has 0 spiro atoms. The highest BCUT2D eigenvalue weighted by Gasteiger charge is 2.35. The summed E-state index contributed by atoms with van der Waals surface area (Å²) in [6, 6.07) is 8.26. The third kappa shape index (κ3) is 3.58. The number of benzene rings is 1. The summed E-state index contributed by atoms with van der Waals surface area (Å²) in [5.41, 5.74) is 1.17. The average Bonchev–Trinajstić information content (AvgIpc) is 2.77. The summed E-state index contributed by atoms with van der Waals surface area (Å²) in [5, 5.41) is 3.24. The van der Waals surface area contributed by atoms with Gasteiger partial charge in [-0.3, -0.25) is 0 Å². The van der Waals surface area contributed by atoms with E-state index in [-0.39, 0.29) is 17.3 Å². The average molecular weight is 346 g/mol. The molecule has 1 fully saturated rings. The monoisotopic (exact) mass is 345 g/mol. The largest absolute Gasteiger partial charge is 0.306 e. The Balaban J connectivity index is 2.11. The van der Waals surface area contributed by atoms with E-state index in [2.05, 4.69) is 34.2 Å². The number of hydrogen-bond acceptors (Lipinski definition) is 3. The van der Waals surface area contributed by atoms with E-state index in [0.29, 0.717) is 0 Å². The Labute approximate surface area is 123 Å². The van der Waals surface area contributed by atoms with Crippen molar-refractivity contribution in [2.24, 2.45) is 0 Å². The van der Waals surface area contributed by atoms with Gasteiger partial charge < -0.3 is 5.32 Å². The first-order valence-electron chi connectivity index (χ1n) is 6.59. The SMILES string of the molecule is CC(NC1CCCC1S(C)(=O)=O)c1ccccc1Br. The first-order chi connectivity index (χ1) is 8.89. The Hall–Kier alpha value is -0.390. The molecule has 106 valence electrons. The second kappa shape index (κ2) is 5.94. The van der Waals surface area contributed by atoms with Crippen molar-refractivity contribution in [2.75, 3.05) is 6.26 Å². The Kier molecular flexibility index (Phi) is 4.69. The predicted octanol–water partition coefficient (Wildman–Crippen LogP) is 3.07. The Morgan fingerprint density at radius 3 is 2.63 bits per heavy atom. The summed E-state index contributed by atoms with van der Waals surface area (Å²) in [6.07, 6.45) is 4.05. The summed E-state index contributed by atoms with van der Waals surface area (Å²) < 4.78 is 24.6. The standard InChI is InChI=1S/C14H20BrNO2S/c1-10(11-6-3-4-7-12(11)15)16-13-8-5-9-14(13)19(2,17)18/h3-4,6-7,10,13-14,16H,5,8-9H2,1-2H3. The van der Waals surface area contributed by atoms with Crippen LogP contribution in [0.3, 0.4) is 0 Å². The maximum atomic E-state index is 11.8. The minimum absolute atomic E-state index is 0.0668. The van der Waals surface area contributed by atoms with Crippen LogP contribution < -0.4 is 5.32 Å². The molecule has 0 bridgehead atoms. The molecule has 0 aliphatic heterocycles. The maximum absolute atomic E-state index is 11.8. The zero-order valence-corrected chi connectivity index (χ0v) is 13.7. The van der Waals surface area contributed by atoms with Gasteiger partial charge in [-0.15, -0.1) is 0 Å². The number of rotatable bonds is 4. The minimum Gasteiger partial charge on any atom is -0.306 e. The maximum Gasteiger partial charge on any atom is 0.151 e. The molecule has 5 heteroatoms. The van der Waals surface area contributed by atoms with Crippen LogP contribution in [0.15, 0.2) is 28.7 Å². The van der Waals surface area contributed by atoms with Crippen LogP contribution >= 0.6 is 15.9 Å². The molecule has 1 aromatic rings. The third-order valence-electron chi connectivity index (χ3n) is 3.84. The first kappa shape index (κ1) is 15.0. The van der Waals surface area contributed by atoms with E-state index in [9.17, 15) is 8.42 Å². The van der Waals surface area contributed by atoms with Gasteiger partial charge in [-0.05, 0) is 31.4 Å². The Morgan fingerprint density at radius 1 is 1.32 bits per heavy atom. The number of sulfone groups is 1. The van der Waals surface area contributed by atoms with Crippen molar-refractivity contribution in [2.45, 2.75) is 43.5 Å². The molecule has 1 aliphatic carbocycles. The minimum atomic E-state index is -2.96. The smallest absolute Gasteiger partial charge is 0.151 e. The molecule has 3 unspecified atom stereocenters. The van der Waals surface area contributed by atoms with Gasteiger partial charge in [0.25, 0.3) is 0 Å². The lowest BCUT2D eigenvalue weighted by Crippen LogP contribution is -2.41. The second-order valence-corrected chi connectivity index (χ2v) is 8.43. The summed E-state index contributed by atoms with van der Waals surface area (Å²) >= 11 is 3.54. The van der Waals surface area contributed by atoms with Crippen LogP contribution in [0.2, 0.25) is 0 Å². The molecule has 0 heterocycles. The molecule has 2 rings (SSSR count). The van der Waals surface area contributed by atoms with Gasteiger partial charge >= 0.3 is 0 Å². The van der Waals surface area contributed by atoms with E-state index in [1.165, 1.54) is 11.8 Å². The highest BCUT2D eigenvalue weighted by atomic mass is 79.9. The molecule has 3 atom stereocenters. The van der Waals surface area contributed by atoms with E-state index < -0.39 is 9.84 Å². The van der Waals surface area contributed by atoms with Gasteiger partial charge in [0.1, 0.15) is 0 Å². The Bertz CT molecular complexity index is 544. The molecule has 1 aromatic carbocycles. The molecule has 1 aliphatic rings. The highest BCUT2D eigenvalue weighted by Crippen LogP contribution is 2.29. The van der Waals surface area contributed by atoms with Crippen LogP contribution in [0, 0.1) is 0 Å². The van der Waals surface area contributed by atoms with Gasteiger partial charge in [-0.25, -0.2) is 8.42 Å². The molecule has 0 amide bonds. The Morgan fingerprint density at radius 2 is 2.00 bits per heavy atom. The van der Waals surface area contributed by atoms with Crippen LogP contribution in [0.1, 0.15) is 37.8 Å². The van der Waals surface area contributed by atoms with Crippen LogP contribution in [0.5, 0.6) is 0 Å². The number of nitrogens with one attached hydrogen (secondary N) is 1. The normalized spacial score (nSPS) is 25.4. The summed E-state index contributed by atoms with van der Waals surface area (Å²) in [7, 11) is -2.96. The molecule has 0 radical (unpaired) electrons. The third-order valence-corrected chi connectivity index (χ3v) is 6.22. The first-order valence-corrected chi connectivity index (χ1v) is 9.33. The molecule has 1 saturated carbocycles. The van der Waals surface area contributed by atoms with E-state index in [0.717, 1.165) is 23.7 Å². The van der Waals surface area contributed by atoms with Crippen LogP contribution in [-0.4, -0.2) is 26.0 Å².